The Morgan fingerprint density at radius 3 is 2.62 bits per heavy atom. The van der Waals surface area contributed by atoms with Gasteiger partial charge in [0.2, 0.25) is 5.89 Å². The number of nitrogens with zero attached hydrogens (tertiary/aromatic N) is 1. The van der Waals surface area contributed by atoms with E-state index in [2.05, 4.69) is 10.3 Å². The second-order valence-corrected chi connectivity index (χ2v) is 6.22. The Balaban J connectivity index is 2.87. The standard InChI is InChI=1S/C10H18N2O3S/c1-5-11-7(2)10-12-6-9(15-10)8(3)16(4,13)14/h6-8,11H,5H2,1-4H3. The molecule has 0 aromatic carbocycles. The van der Waals surface area contributed by atoms with Crippen LogP contribution in [0.3, 0.4) is 0 Å². The first kappa shape index (κ1) is 13.2. The van der Waals surface area contributed by atoms with Crippen LogP contribution in [-0.2, 0) is 9.84 Å². The van der Waals surface area contributed by atoms with Crippen LogP contribution < -0.4 is 5.32 Å². The van der Waals surface area contributed by atoms with Gasteiger partial charge in [-0.05, 0) is 20.4 Å². The summed E-state index contributed by atoms with van der Waals surface area (Å²) in [6.45, 7) is 6.31. The molecule has 1 aromatic rings. The molecule has 0 radical (unpaired) electrons. The van der Waals surface area contributed by atoms with Crippen LogP contribution in [0.25, 0.3) is 0 Å². The largest absolute Gasteiger partial charge is 0.443 e. The number of sulfone groups is 1. The Hall–Kier alpha value is -0.880. The summed E-state index contributed by atoms with van der Waals surface area (Å²) in [5.74, 6) is 0.912. The molecule has 0 amide bonds. The Labute approximate surface area is 96.2 Å². The zero-order valence-corrected chi connectivity index (χ0v) is 10.8. The number of hydrogen-bond donors (Lipinski definition) is 1. The fourth-order valence-electron chi connectivity index (χ4n) is 1.29. The highest BCUT2D eigenvalue weighted by Gasteiger charge is 2.22. The van der Waals surface area contributed by atoms with E-state index in [0.29, 0.717) is 11.7 Å². The van der Waals surface area contributed by atoms with Crippen LogP contribution >= 0.6 is 0 Å². The van der Waals surface area contributed by atoms with Gasteiger partial charge >= 0.3 is 0 Å². The predicted molar refractivity (Wildman–Crippen MR) is 61.9 cm³/mol. The van der Waals surface area contributed by atoms with Gasteiger partial charge in [-0.25, -0.2) is 13.4 Å². The minimum atomic E-state index is -3.13. The first-order valence-electron chi connectivity index (χ1n) is 5.24. The third-order valence-electron chi connectivity index (χ3n) is 2.47. The van der Waals surface area contributed by atoms with Crippen molar-refractivity contribution >= 4 is 9.84 Å². The van der Waals surface area contributed by atoms with E-state index >= 15 is 0 Å². The van der Waals surface area contributed by atoms with E-state index in [0.717, 1.165) is 6.54 Å². The van der Waals surface area contributed by atoms with Crippen molar-refractivity contribution in [3.63, 3.8) is 0 Å². The van der Waals surface area contributed by atoms with E-state index in [-0.39, 0.29) is 6.04 Å². The molecule has 0 spiro atoms. The van der Waals surface area contributed by atoms with Crippen molar-refractivity contribution in [2.24, 2.45) is 0 Å². The summed E-state index contributed by atoms with van der Waals surface area (Å²) in [6.07, 6.45) is 2.67. The molecule has 0 aliphatic carbocycles. The van der Waals surface area contributed by atoms with Crippen molar-refractivity contribution in [3.05, 3.63) is 17.8 Å². The van der Waals surface area contributed by atoms with Gasteiger partial charge in [0.25, 0.3) is 0 Å². The first-order chi connectivity index (χ1) is 7.36. The molecule has 16 heavy (non-hydrogen) atoms. The Bertz CT molecular complexity index is 439. The molecule has 0 saturated carbocycles. The minimum Gasteiger partial charge on any atom is -0.443 e. The third-order valence-corrected chi connectivity index (χ3v) is 3.98. The maximum Gasteiger partial charge on any atom is 0.211 e. The summed E-state index contributed by atoms with van der Waals surface area (Å²) in [6, 6.07) is -0.00879. The Morgan fingerprint density at radius 2 is 2.12 bits per heavy atom. The molecule has 0 saturated heterocycles. The zero-order chi connectivity index (χ0) is 12.3. The lowest BCUT2D eigenvalue weighted by Crippen LogP contribution is -2.17. The molecule has 2 atom stereocenters. The smallest absolute Gasteiger partial charge is 0.211 e. The van der Waals surface area contributed by atoms with Gasteiger partial charge in [-0.1, -0.05) is 6.92 Å². The van der Waals surface area contributed by atoms with Crippen molar-refractivity contribution in [3.8, 4) is 0 Å². The van der Waals surface area contributed by atoms with Crippen LogP contribution in [0.1, 0.15) is 43.7 Å². The van der Waals surface area contributed by atoms with Crippen LogP contribution in [0, 0.1) is 0 Å². The van der Waals surface area contributed by atoms with Crippen molar-refractivity contribution in [2.75, 3.05) is 12.8 Å². The molecule has 1 rings (SSSR count). The van der Waals surface area contributed by atoms with Gasteiger partial charge in [-0.3, -0.25) is 0 Å². The second kappa shape index (κ2) is 4.97. The lowest BCUT2D eigenvalue weighted by molar-refractivity contribution is 0.397. The number of oxazole rings is 1. The number of nitrogens with one attached hydrogen (secondary N) is 1. The van der Waals surface area contributed by atoms with E-state index in [1.165, 1.54) is 12.5 Å². The summed E-state index contributed by atoms with van der Waals surface area (Å²) in [7, 11) is -3.13. The normalized spacial score (nSPS) is 16.0. The van der Waals surface area contributed by atoms with E-state index in [4.69, 9.17) is 4.42 Å². The number of aromatic nitrogens is 1. The lowest BCUT2D eigenvalue weighted by Gasteiger charge is -2.08. The van der Waals surface area contributed by atoms with E-state index in [9.17, 15) is 8.42 Å². The molecule has 0 fully saturated rings. The highest BCUT2D eigenvalue weighted by Crippen LogP contribution is 2.23. The van der Waals surface area contributed by atoms with Gasteiger partial charge < -0.3 is 9.73 Å². The van der Waals surface area contributed by atoms with Gasteiger partial charge in [0.05, 0.1) is 12.2 Å². The topological polar surface area (TPSA) is 72.2 Å². The third kappa shape index (κ3) is 3.05. The predicted octanol–water partition coefficient (Wildman–Crippen LogP) is 1.45. The molecule has 1 N–H and O–H groups in total. The molecular formula is C10H18N2O3S. The zero-order valence-electron chi connectivity index (χ0n) is 10.0. The average Bonchev–Trinajstić information content (AvgIpc) is 2.64. The van der Waals surface area contributed by atoms with Crippen LogP contribution in [0.2, 0.25) is 0 Å². The van der Waals surface area contributed by atoms with Gasteiger partial charge in [0, 0.05) is 6.26 Å². The van der Waals surface area contributed by atoms with Gasteiger partial charge in [0.15, 0.2) is 9.84 Å². The summed E-state index contributed by atoms with van der Waals surface area (Å²) < 4.78 is 28.1. The lowest BCUT2D eigenvalue weighted by atomic mass is 10.3. The molecule has 5 nitrogen and oxygen atoms in total. The van der Waals surface area contributed by atoms with Gasteiger partial charge in [-0.2, -0.15) is 0 Å². The first-order valence-corrected chi connectivity index (χ1v) is 7.19. The van der Waals surface area contributed by atoms with Crippen molar-refractivity contribution < 1.29 is 12.8 Å². The molecule has 1 heterocycles. The molecule has 6 heteroatoms. The van der Waals surface area contributed by atoms with Crippen LogP contribution in [0.5, 0.6) is 0 Å². The quantitative estimate of drug-likeness (QED) is 0.851. The van der Waals surface area contributed by atoms with Gasteiger partial charge in [0.1, 0.15) is 11.0 Å². The van der Waals surface area contributed by atoms with Crippen molar-refractivity contribution in [1.82, 2.24) is 10.3 Å². The molecule has 0 aliphatic rings. The maximum absolute atomic E-state index is 11.3. The SMILES string of the molecule is CCNC(C)c1ncc(C(C)S(C)(=O)=O)o1. The number of rotatable bonds is 5. The fourth-order valence-corrected chi connectivity index (χ4v) is 1.82. The Kier molecular flexibility index (Phi) is 4.09. The molecular weight excluding hydrogens is 228 g/mol. The monoisotopic (exact) mass is 246 g/mol. The summed E-state index contributed by atoms with van der Waals surface area (Å²) in [5, 5.41) is 2.50. The van der Waals surface area contributed by atoms with Crippen molar-refractivity contribution in [2.45, 2.75) is 32.1 Å². The number of hydrogen-bond acceptors (Lipinski definition) is 5. The van der Waals surface area contributed by atoms with Crippen LogP contribution in [-0.4, -0.2) is 26.2 Å². The maximum atomic E-state index is 11.3. The molecule has 2 unspecified atom stereocenters. The van der Waals surface area contributed by atoms with Crippen LogP contribution in [0.15, 0.2) is 10.6 Å². The molecule has 1 aromatic heterocycles. The second-order valence-electron chi connectivity index (χ2n) is 3.85. The molecule has 0 aliphatic heterocycles. The summed E-state index contributed by atoms with van der Waals surface area (Å²) in [5.41, 5.74) is 0. The van der Waals surface area contributed by atoms with Crippen LogP contribution in [0.4, 0.5) is 0 Å². The average molecular weight is 246 g/mol. The molecule has 92 valence electrons. The minimum absolute atomic E-state index is 0.00879. The highest BCUT2D eigenvalue weighted by molar-refractivity contribution is 7.90. The van der Waals surface area contributed by atoms with E-state index in [1.54, 1.807) is 6.92 Å². The molecule has 0 bridgehead atoms. The van der Waals surface area contributed by atoms with Gasteiger partial charge in [-0.15, -0.1) is 0 Å². The van der Waals surface area contributed by atoms with E-state index in [1.807, 2.05) is 13.8 Å². The fraction of sp³-hybridized carbons (Fsp3) is 0.700. The summed E-state index contributed by atoms with van der Waals surface area (Å²) in [4.78, 5) is 4.08. The highest BCUT2D eigenvalue weighted by atomic mass is 32.2. The summed E-state index contributed by atoms with van der Waals surface area (Å²) >= 11 is 0. The van der Waals surface area contributed by atoms with E-state index < -0.39 is 15.1 Å². The van der Waals surface area contributed by atoms with Crippen molar-refractivity contribution in [1.29, 1.82) is 0 Å². The Morgan fingerprint density at radius 1 is 1.50 bits per heavy atom.